The van der Waals surface area contributed by atoms with Crippen LogP contribution in [0.1, 0.15) is 6.42 Å². The fourth-order valence-electron chi connectivity index (χ4n) is 1.89. The quantitative estimate of drug-likeness (QED) is 0.759. The van der Waals surface area contributed by atoms with Crippen molar-refractivity contribution in [2.45, 2.75) is 12.5 Å². The second-order valence-electron chi connectivity index (χ2n) is 3.96. The van der Waals surface area contributed by atoms with Crippen LogP contribution in [0.25, 0.3) is 0 Å². The third-order valence-corrected chi connectivity index (χ3v) is 2.83. The van der Waals surface area contributed by atoms with E-state index in [0.717, 1.165) is 5.69 Å². The largest absolute Gasteiger partial charge is 0.467 e. The summed E-state index contributed by atoms with van der Waals surface area (Å²) >= 11 is 0. The highest BCUT2D eigenvalue weighted by molar-refractivity contribution is 6.38. The Kier molecular flexibility index (Phi) is 3.79. The number of hydrogen-bond acceptors (Lipinski definition) is 6. The van der Waals surface area contributed by atoms with Gasteiger partial charge in [0.1, 0.15) is 5.71 Å². The lowest BCUT2D eigenvalue weighted by atomic mass is 10.1. The molecule has 0 aliphatic carbocycles. The van der Waals surface area contributed by atoms with Crippen molar-refractivity contribution in [3.8, 4) is 0 Å². The van der Waals surface area contributed by atoms with Crippen LogP contribution < -0.4 is 5.01 Å². The van der Waals surface area contributed by atoms with Crippen molar-refractivity contribution >= 4 is 23.3 Å². The van der Waals surface area contributed by atoms with Crippen LogP contribution in [-0.2, 0) is 19.1 Å². The standard InChI is InChI=1S/C13H14N2O4/c1-18-12(16)10-8-11(13(17)19-2)15(14-10)9-6-4-3-5-7-9/h3-7,11H,8H2,1-2H3/t11-/m0/s1. The first kappa shape index (κ1) is 13.1. The molecule has 0 aromatic heterocycles. The third-order valence-electron chi connectivity index (χ3n) is 2.83. The Balaban J connectivity index is 2.32. The Hall–Kier alpha value is -2.37. The fourth-order valence-corrected chi connectivity index (χ4v) is 1.89. The van der Waals surface area contributed by atoms with E-state index in [-0.39, 0.29) is 12.1 Å². The highest BCUT2D eigenvalue weighted by Gasteiger charge is 2.37. The summed E-state index contributed by atoms with van der Waals surface area (Å²) in [5.41, 5.74) is 0.929. The minimum Gasteiger partial charge on any atom is -0.467 e. The maximum absolute atomic E-state index is 11.8. The summed E-state index contributed by atoms with van der Waals surface area (Å²) in [6.07, 6.45) is 0.175. The zero-order valence-corrected chi connectivity index (χ0v) is 10.7. The molecule has 1 atom stereocenters. The van der Waals surface area contributed by atoms with E-state index in [4.69, 9.17) is 4.74 Å². The number of anilines is 1. The van der Waals surface area contributed by atoms with Crippen molar-refractivity contribution < 1.29 is 19.1 Å². The number of methoxy groups -OCH3 is 2. The van der Waals surface area contributed by atoms with Crippen LogP contribution >= 0.6 is 0 Å². The molecule has 1 aliphatic heterocycles. The normalized spacial score (nSPS) is 17.9. The van der Waals surface area contributed by atoms with E-state index in [9.17, 15) is 9.59 Å². The second-order valence-corrected chi connectivity index (χ2v) is 3.96. The minimum atomic E-state index is -0.638. The molecule has 6 nitrogen and oxygen atoms in total. The summed E-state index contributed by atoms with van der Waals surface area (Å²) in [5, 5.41) is 5.64. The van der Waals surface area contributed by atoms with Crippen molar-refractivity contribution in [1.29, 1.82) is 0 Å². The predicted molar refractivity (Wildman–Crippen MR) is 68.8 cm³/mol. The molecule has 2 rings (SSSR count). The molecular formula is C13H14N2O4. The maximum Gasteiger partial charge on any atom is 0.354 e. The lowest BCUT2D eigenvalue weighted by Crippen LogP contribution is -2.35. The van der Waals surface area contributed by atoms with E-state index in [1.807, 2.05) is 18.2 Å². The second kappa shape index (κ2) is 5.51. The number of ether oxygens (including phenoxy) is 2. The van der Waals surface area contributed by atoms with Crippen LogP contribution in [0.4, 0.5) is 5.69 Å². The Morgan fingerprint density at radius 3 is 2.47 bits per heavy atom. The third kappa shape index (κ3) is 2.57. The molecule has 0 unspecified atom stereocenters. The minimum absolute atomic E-state index is 0.175. The average molecular weight is 262 g/mol. The molecule has 0 amide bonds. The van der Waals surface area contributed by atoms with Crippen molar-refractivity contribution in [2.75, 3.05) is 19.2 Å². The Morgan fingerprint density at radius 2 is 1.89 bits per heavy atom. The highest BCUT2D eigenvalue weighted by atomic mass is 16.5. The smallest absolute Gasteiger partial charge is 0.354 e. The first-order chi connectivity index (χ1) is 9.17. The van der Waals surface area contributed by atoms with Gasteiger partial charge in [0.2, 0.25) is 0 Å². The van der Waals surface area contributed by atoms with Gasteiger partial charge >= 0.3 is 11.9 Å². The van der Waals surface area contributed by atoms with E-state index < -0.39 is 18.0 Å². The molecule has 0 fully saturated rings. The summed E-state index contributed by atoms with van der Waals surface area (Å²) in [7, 11) is 2.59. The van der Waals surface area contributed by atoms with Gasteiger partial charge in [-0.15, -0.1) is 0 Å². The number of esters is 2. The zero-order chi connectivity index (χ0) is 13.8. The highest BCUT2D eigenvalue weighted by Crippen LogP contribution is 2.25. The van der Waals surface area contributed by atoms with Crippen molar-refractivity contribution in [3.05, 3.63) is 30.3 Å². The molecule has 0 saturated heterocycles. The van der Waals surface area contributed by atoms with Gasteiger partial charge in [-0.25, -0.2) is 9.59 Å². The Bertz CT molecular complexity index is 513. The van der Waals surface area contributed by atoms with Gasteiger partial charge in [0.05, 0.1) is 19.9 Å². The number of benzene rings is 1. The van der Waals surface area contributed by atoms with E-state index in [1.54, 1.807) is 12.1 Å². The number of hydrogen-bond donors (Lipinski definition) is 0. The SMILES string of the molecule is COC(=O)C1=NN(c2ccccc2)[C@H](C(=O)OC)C1. The zero-order valence-electron chi connectivity index (χ0n) is 10.7. The maximum atomic E-state index is 11.8. The van der Waals surface area contributed by atoms with Crippen LogP contribution in [0, 0.1) is 0 Å². The lowest BCUT2D eigenvalue weighted by molar-refractivity contribution is -0.141. The number of para-hydroxylation sites is 1. The molecule has 0 spiro atoms. The van der Waals surface area contributed by atoms with Crippen LogP contribution in [-0.4, -0.2) is 37.9 Å². The van der Waals surface area contributed by atoms with Gasteiger partial charge in [-0.1, -0.05) is 18.2 Å². The van der Waals surface area contributed by atoms with Gasteiger partial charge < -0.3 is 9.47 Å². The number of nitrogens with zero attached hydrogens (tertiary/aromatic N) is 2. The number of rotatable bonds is 3. The number of carbonyl (C=O) groups is 2. The van der Waals surface area contributed by atoms with Crippen LogP contribution in [0.5, 0.6) is 0 Å². The molecule has 6 heteroatoms. The fraction of sp³-hybridized carbons (Fsp3) is 0.308. The van der Waals surface area contributed by atoms with Crippen LogP contribution in [0.3, 0.4) is 0 Å². The molecule has 0 N–H and O–H groups in total. The van der Waals surface area contributed by atoms with Crippen molar-refractivity contribution in [3.63, 3.8) is 0 Å². The predicted octanol–water partition coefficient (Wildman–Crippen LogP) is 0.967. The molecule has 1 aromatic rings. The van der Waals surface area contributed by atoms with Gasteiger partial charge in [-0.2, -0.15) is 5.10 Å². The molecule has 0 bridgehead atoms. The molecule has 0 saturated carbocycles. The Morgan fingerprint density at radius 1 is 1.21 bits per heavy atom. The summed E-state index contributed by atoms with van der Waals surface area (Å²) in [6, 6.07) is 8.49. The van der Waals surface area contributed by atoms with E-state index in [0.29, 0.717) is 0 Å². The molecule has 1 heterocycles. The summed E-state index contributed by atoms with van der Waals surface area (Å²) in [4.78, 5) is 23.3. The number of carbonyl (C=O) groups excluding carboxylic acids is 2. The van der Waals surface area contributed by atoms with Gasteiger partial charge in [-0.05, 0) is 12.1 Å². The molecule has 19 heavy (non-hydrogen) atoms. The van der Waals surface area contributed by atoms with Crippen LogP contribution in [0.15, 0.2) is 35.4 Å². The van der Waals surface area contributed by atoms with Crippen molar-refractivity contribution in [2.24, 2.45) is 5.10 Å². The molecule has 100 valence electrons. The first-order valence-electron chi connectivity index (χ1n) is 5.75. The van der Waals surface area contributed by atoms with E-state index in [1.165, 1.54) is 19.2 Å². The molecular weight excluding hydrogens is 248 g/mol. The van der Waals surface area contributed by atoms with Crippen LogP contribution in [0.2, 0.25) is 0 Å². The molecule has 0 radical (unpaired) electrons. The molecule has 1 aliphatic rings. The van der Waals surface area contributed by atoms with Gasteiger partial charge in [0.15, 0.2) is 6.04 Å². The topological polar surface area (TPSA) is 68.2 Å². The van der Waals surface area contributed by atoms with Gasteiger partial charge in [0.25, 0.3) is 0 Å². The summed E-state index contributed by atoms with van der Waals surface area (Å²) < 4.78 is 9.37. The van der Waals surface area contributed by atoms with E-state index >= 15 is 0 Å². The average Bonchev–Trinajstić information content (AvgIpc) is 2.91. The van der Waals surface area contributed by atoms with E-state index in [2.05, 4.69) is 9.84 Å². The van der Waals surface area contributed by atoms with Gasteiger partial charge in [0, 0.05) is 6.42 Å². The monoisotopic (exact) mass is 262 g/mol. The molecule has 1 aromatic carbocycles. The summed E-state index contributed by atoms with van der Waals surface area (Å²) in [5.74, 6) is -0.973. The lowest BCUT2D eigenvalue weighted by Gasteiger charge is -2.21. The van der Waals surface area contributed by atoms with Crippen molar-refractivity contribution in [1.82, 2.24) is 0 Å². The van der Waals surface area contributed by atoms with Gasteiger partial charge in [-0.3, -0.25) is 5.01 Å². The Labute approximate surface area is 110 Å². The first-order valence-corrected chi connectivity index (χ1v) is 5.75. The summed E-state index contributed by atoms with van der Waals surface area (Å²) in [6.45, 7) is 0. The number of hydrazone groups is 1.